The molecule has 0 aliphatic carbocycles. The predicted molar refractivity (Wildman–Crippen MR) is 54.2 cm³/mol. The highest BCUT2D eigenvalue weighted by Crippen LogP contribution is 2.15. The van der Waals surface area contributed by atoms with Gasteiger partial charge in [-0.1, -0.05) is 12.1 Å². The topological polar surface area (TPSA) is 38.0 Å². The van der Waals surface area contributed by atoms with Crippen molar-refractivity contribution in [3.05, 3.63) is 48.5 Å². The van der Waals surface area contributed by atoms with Gasteiger partial charge < -0.3 is 9.67 Å². The molecule has 1 heterocycles. The third-order valence-corrected chi connectivity index (χ3v) is 2.16. The number of rotatable bonds is 2. The Morgan fingerprint density at radius 2 is 2.29 bits per heavy atom. The Labute approximate surface area is 82.7 Å². The maximum atomic E-state index is 9.42. The molecule has 0 radical (unpaired) electrons. The molecule has 1 atom stereocenters. The average Bonchev–Trinajstić information content (AvgIpc) is 2.71. The Morgan fingerprint density at radius 3 is 2.93 bits per heavy atom. The van der Waals surface area contributed by atoms with Crippen LogP contribution >= 0.6 is 0 Å². The summed E-state index contributed by atoms with van der Waals surface area (Å²) in [6, 6.07) is 7.77. The van der Waals surface area contributed by atoms with E-state index in [0.717, 1.165) is 11.3 Å². The third-order valence-electron chi connectivity index (χ3n) is 2.16. The zero-order valence-corrected chi connectivity index (χ0v) is 7.96. The van der Waals surface area contributed by atoms with E-state index in [0.29, 0.717) is 0 Å². The first kappa shape index (κ1) is 8.97. The fraction of sp³-hybridized carbons (Fsp3) is 0.182. The largest absolute Gasteiger partial charge is 0.389 e. The van der Waals surface area contributed by atoms with Crippen LogP contribution in [0.2, 0.25) is 0 Å². The van der Waals surface area contributed by atoms with E-state index in [4.69, 9.17) is 0 Å². The van der Waals surface area contributed by atoms with Crippen LogP contribution in [0.25, 0.3) is 5.69 Å². The molecule has 72 valence electrons. The first-order valence-electron chi connectivity index (χ1n) is 4.54. The minimum absolute atomic E-state index is 0.432. The molecule has 0 fully saturated rings. The van der Waals surface area contributed by atoms with Crippen LogP contribution in [0.4, 0.5) is 0 Å². The zero-order valence-electron chi connectivity index (χ0n) is 7.96. The van der Waals surface area contributed by atoms with Crippen molar-refractivity contribution in [1.29, 1.82) is 0 Å². The number of nitrogens with zero attached hydrogens (tertiary/aromatic N) is 2. The molecular weight excluding hydrogens is 176 g/mol. The molecule has 3 nitrogen and oxygen atoms in total. The zero-order chi connectivity index (χ0) is 9.97. The quantitative estimate of drug-likeness (QED) is 0.782. The fourth-order valence-electron chi connectivity index (χ4n) is 1.36. The van der Waals surface area contributed by atoms with Crippen molar-refractivity contribution in [2.45, 2.75) is 13.0 Å². The van der Waals surface area contributed by atoms with Gasteiger partial charge in [-0.2, -0.15) is 0 Å². The Kier molecular flexibility index (Phi) is 2.33. The molecule has 1 aromatic heterocycles. The van der Waals surface area contributed by atoms with Crippen molar-refractivity contribution in [2.24, 2.45) is 0 Å². The molecule has 14 heavy (non-hydrogen) atoms. The molecule has 1 aromatic carbocycles. The van der Waals surface area contributed by atoms with Crippen molar-refractivity contribution < 1.29 is 5.11 Å². The first-order chi connectivity index (χ1) is 6.77. The molecule has 0 spiro atoms. The molecule has 0 amide bonds. The second-order valence-electron chi connectivity index (χ2n) is 3.24. The smallest absolute Gasteiger partial charge is 0.0991 e. The molecule has 0 unspecified atom stereocenters. The lowest BCUT2D eigenvalue weighted by molar-refractivity contribution is 0.199. The van der Waals surface area contributed by atoms with Gasteiger partial charge in [-0.05, 0) is 24.6 Å². The molecule has 1 N–H and O–H groups in total. The SMILES string of the molecule is C[C@@H](O)c1cccc(-n2ccnc2)c1. The molecule has 0 bridgehead atoms. The van der Waals surface area contributed by atoms with E-state index in [1.807, 2.05) is 35.0 Å². The second-order valence-corrected chi connectivity index (χ2v) is 3.24. The summed E-state index contributed by atoms with van der Waals surface area (Å²) in [6.07, 6.45) is 4.91. The van der Waals surface area contributed by atoms with Gasteiger partial charge in [0.1, 0.15) is 0 Å². The molecule has 2 aromatic rings. The molecular formula is C11H12N2O. The predicted octanol–water partition coefficient (Wildman–Crippen LogP) is 1.93. The fourth-order valence-corrected chi connectivity index (χ4v) is 1.36. The number of hydrogen-bond acceptors (Lipinski definition) is 2. The maximum Gasteiger partial charge on any atom is 0.0991 e. The molecule has 0 aliphatic heterocycles. The van der Waals surface area contributed by atoms with Gasteiger partial charge in [0.2, 0.25) is 0 Å². The lowest BCUT2D eigenvalue weighted by Crippen LogP contribution is -1.95. The number of aromatic nitrogens is 2. The summed E-state index contributed by atoms with van der Waals surface area (Å²) in [7, 11) is 0. The third kappa shape index (κ3) is 1.67. The minimum Gasteiger partial charge on any atom is -0.389 e. The van der Waals surface area contributed by atoms with Crippen LogP contribution in [0.3, 0.4) is 0 Å². The maximum absolute atomic E-state index is 9.42. The van der Waals surface area contributed by atoms with Crippen LogP contribution in [0.1, 0.15) is 18.6 Å². The van der Waals surface area contributed by atoms with Gasteiger partial charge in [0, 0.05) is 18.1 Å². The Hall–Kier alpha value is -1.61. The van der Waals surface area contributed by atoms with Crippen LogP contribution in [0.15, 0.2) is 43.0 Å². The highest BCUT2D eigenvalue weighted by molar-refractivity contribution is 5.36. The number of benzene rings is 1. The van der Waals surface area contributed by atoms with E-state index in [1.54, 1.807) is 19.4 Å². The highest BCUT2D eigenvalue weighted by Gasteiger charge is 2.01. The lowest BCUT2D eigenvalue weighted by Gasteiger charge is -2.07. The standard InChI is InChI=1S/C11H12N2O/c1-9(14)10-3-2-4-11(7-10)13-6-5-12-8-13/h2-9,14H,1H3/t9-/m1/s1. The van der Waals surface area contributed by atoms with Crippen molar-refractivity contribution in [2.75, 3.05) is 0 Å². The molecule has 3 heteroatoms. The highest BCUT2D eigenvalue weighted by atomic mass is 16.3. The van der Waals surface area contributed by atoms with Gasteiger partial charge in [0.25, 0.3) is 0 Å². The van der Waals surface area contributed by atoms with Gasteiger partial charge in [-0.3, -0.25) is 0 Å². The summed E-state index contributed by atoms with van der Waals surface area (Å²) in [6.45, 7) is 1.76. The van der Waals surface area contributed by atoms with Crippen LogP contribution in [0.5, 0.6) is 0 Å². The summed E-state index contributed by atoms with van der Waals surface area (Å²) >= 11 is 0. The van der Waals surface area contributed by atoms with Crippen molar-refractivity contribution in [1.82, 2.24) is 9.55 Å². The first-order valence-corrected chi connectivity index (χ1v) is 4.54. The second kappa shape index (κ2) is 3.64. The number of hydrogen-bond donors (Lipinski definition) is 1. The molecule has 0 saturated carbocycles. The summed E-state index contributed by atoms with van der Waals surface area (Å²) in [5.41, 5.74) is 1.93. The van der Waals surface area contributed by atoms with E-state index < -0.39 is 6.10 Å². The summed E-state index contributed by atoms with van der Waals surface area (Å²) in [5, 5.41) is 9.42. The Balaban J connectivity index is 2.41. The van der Waals surface area contributed by atoms with Gasteiger partial charge >= 0.3 is 0 Å². The van der Waals surface area contributed by atoms with Crippen LogP contribution in [-0.4, -0.2) is 14.7 Å². The van der Waals surface area contributed by atoms with E-state index in [9.17, 15) is 5.11 Å². The van der Waals surface area contributed by atoms with Crippen molar-refractivity contribution >= 4 is 0 Å². The molecule has 0 aliphatic rings. The number of imidazole rings is 1. The van der Waals surface area contributed by atoms with E-state index >= 15 is 0 Å². The van der Waals surface area contributed by atoms with Crippen LogP contribution in [0, 0.1) is 0 Å². The minimum atomic E-state index is -0.432. The number of aliphatic hydroxyl groups excluding tert-OH is 1. The van der Waals surface area contributed by atoms with E-state index in [2.05, 4.69) is 4.98 Å². The van der Waals surface area contributed by atoms with Crippen LogP contribution < -0.4 is 0 Å². The van der Waals surface area contributed by atoms with Gasteiger partial charge in [0.15, 0.2) is 0 Å². The molecule has 2 rings (SSSR count). The van der Waals surface area contributed by atoms with Gasteiger partial charge in [0.05, 0.1) is 12.4 Å². The lowest BCUT2D eigenvalue weighted by atomic mass is 10.1. The van der Waals surface area contributed by atoms with Crippen molar-refractivity contribution in [3.63, 3.8) is 0 Å². The van der Waals surface area contributed by atoms with E-state index in [-0.39, 0.29) is 0 Å². The summed E-state index contributed by atoms with van der Waals surface area (Å²) in [5.74, 6) is 0. The Morgan fingerprint density at radius 1 is 1.43 bits per heavy atom. The number of aliphatic hydroxyl groups is 1. The monoisotopic (exact) mass is 188 g/mol. The Bertz CT molecular complexity index is 407. The van der Waals surface area contributed by atoms with Crippen molar-refractivity contribution in [3.8, 4) is 5.69 Å². The van der Waals surface area contributed by atoms with E-state index in [1.165, 1.54) is 0 Å². The normalized spacial score (nSPS) is 12.7. The summed E-state index contributed by atoms with van der Waals surface area (Å²) < 4.78 is 1.91. The van der Waals surface area contributed by atoms with Gasteiger partial charge in [-0.15, -0.1) is 0 Å². The average molecular weight is 188 g/mol. The summed E-state index contributed by atoms with van der Waals surface area (Å²) in [4.78, 5) is 3.97. The van der Waals surface area contributed by atoms with Gasteiger partial charge in [-0.25, -0.2) is 4.98 Å². The van der Waals surface area contributed by atoms with Crippen LogP contribution in [-0.2, 0) is 0 Å². The molecule has 0 saturated heterocycles.